The number of unbranched alkanes of at least 4 members (excludes halogenated alkanes) is 2. The number of aryl methyl sites for hydroxylation is 1. The molecule has 0 spiro atoms. The lowest BCUT2D eigenvalue weighted by atomic mass is 9.71. The van der Waals surface area contributed by atoms with E-state index in [1.165, 1.54) is 17.7 Å². The van der Waals surface area contributed by atoms with Gasteiger partial charge in [0.15, 0.2) is 6.29 Å². The number of carbonyl (C=O) groups is 1. The summed E-state index contributed by atoms with van der Waals surface area (Å²) < 4.78 is 0. The number of aromatic nitrogens is 2. The summed E-state index contributed by atoms with van der Waals surface area (Å²) in [5, 5.41) is 0. The van der Waals surface area contributed by atoms with Gasteiger partial charge in [0.05, 0.1) is 16.8 Å². The molecule has 3 heteroatoms. The molecule has 1 unspecified atom stereocenters. The Bertz CT molecular complexity index is 843. The van der Waals surface area contributed by atoms with Crippen molar-refractivity contribution < 1.29 is 4.79 Å². The van der Waals surface area contributed by atoms with E-state index in [1.807, 2.05) is 0 Å². The first-order valence-corrected chi connectivity index (χ1v) is 9.42. The number of aromatic amines is 1. The Labute approximate surface area is 150 Å². The molecule has 1 atom stereocenters. The Kier molecular flexibility index (Phi) is 4.99. The van der Waals surface area contributed by atoms with Gasteiger partial charge in [-0.3, -0.25) is 4.79 Å². The summed E-state index contributed by atoms with van der Waals surface area (Å²) in [6.45, 7) is 9.11. The normalized spacial score (nSPS) is 17.0. The summed E-state index contributed by atoms with van der Waals surface area (Å²) in [5.41, 5.74) is 5.94. The molecule has 0 amide bonds. The van der Waals surface area contributed by atoms with Gasteiger partial charge >= 0.3 is 0 Å². The monoisotopic (exact) mass is 336 g/mol. The maximum absolute atomic E-state index is 11.5. The van der Waals surface area contributed by atoms with Gasteiger partial charge < -0.3 is 4.98 Å². The zero-order chi connectivity index (χ0) is 18.0. The summed E-state index contributed by atoms with van der Waals surface area (Å²) in [6, 6.07) is 2.19. The van der Waals surface area contributed by atoms with Crippen molar-refractivity contribution in [3.05, 3.63) is 28.6 Å². The molecule has 0 saturated heterocycles. The Morgan fingerprint density at radius 2 is 2.20 bits per heavy atom. The van der Waals surface area contributed by atoms with Gasteiger partial charge in [-0.1, -0.05) is 46.0 Å². The third-order valence-electron chi connectivity index (χ3n) is 5.37. The van der Waals surface area contributed by atoms with Crippen LogP contribution in [0, 0.1) is 23.2 Å². The van der Waals surface area contributed by atoms with Crippen LogP contribution in [0.4, 0.5) is 0 Å². The predicted octanol–water partition coefficient (Wildman–Crippen LogP) is 5.07. The van der Waals surface area contributed by atoms with Crippen LogP contribution in [0.2, 0.25) is 0 Å². The second-order valence-electron chi connectivity index (χ2n) is 8.23. The Morgan fingerprint density at radius 3 is 2.88 bits per heavy atom. The van der Waals surface area contributed by atoms with Gasteiger partial charge in [-0.25, -0.2) is 4.98 Å². The van der Waals surface area contributed by atoms with Crippen LogP contribution >= 0.6 is 0 Å². The van der Waals surface area contributed by atoms with Gasteiger partial charge in [0.1, 0.15) is 5.52 Å². The van der Waals surface area contributed by atoms with E-state index < -0.39 is 0 Å². The lowest BCUT2D eigenvalue weighted by molar-refractivity contribution is 0.111. The fourth-order valence-electron chi connectivity index (χ4n) is 3.66. The van der Waals surface area contributed by atoms with E-state index in [9.17, 15) is 4.79 Å². The lowest BCUT2D eigenvalue weighted by Crippen LogP contribution is -2.27. The molecule has 132 valence electrons. The molecule has 3 nitrogen and oxygen atoms in total. The number of H-pyrrole nitrogens is 1. The van der Waals surface area contributed by atoms with Crippen molar-refractivity contribution in [2.75, 3.05) is 0 Å². The smallest absolute Gasteiger partial charge is 0.167 e. The molecule has 0 saturated carbocycles. The van der Waals surface area contributed by atoms with E-state index in [-0.39, 0.29) is 0 Å². The number of rotatable bonds is 3. The first kappa shape index (κ1) is 17.7. The van der Waals surface area contributed by atoms with Crippen LogP contribution in [0.5, 0.6) is 0 Å². The molecule has 3 rings (SSSR count). The zero-order valence-corrected chi connectivity index (χ0v) is 15.8. The molecule has 25 heavy (non-hydrogen) atoms. The minimum Gasteiger partial charge on any atom is -0.350 e. The Balaban J connectivity index is 2.00. The second kappa shape index (κ2) is 7.04. The van der Waals surface area contributed by atoms with Crippen molar-refractivity contribution in [1.82, 2.24) is 9.97 Å². The minimum atomic E-state index is 0.312. The Morgan fingerprint density at radius 1 is 1.40 bits per heavy atom. The number of pyridine rings is 1. The highest BCUT2D eigenvalue weighted by atomic mass is 16.1. The fourth-order valence-corrected chi connectivity index (χ4v) is 3.66. The number of hydrogen-bond acceptors (Lipinski definition) is 2. The quantitative estimate of drug-likeness (QED) is 0.483. The van der Waals surface area contributed by atoms with Crippen LogP contribution in [-0.4, -0.2) is 16.3 Å². The molecule has 0 radical (unpaired) electrons. The molecule has 0 aliphatic heterocycles. The van der Waals surface area contributed by atoms with Crippen molar-refractivity contribution in [2.45, 2.75) is 66.2 Å². The number of nitrogens with zero attached hydrogens (tertiary/aromatic N) is 1. The van der Waals surface area contributed by atoms with E-state index in [4.69, 9.17) is 4.98 Å². The number of hydrogen-bond donors (Lipinski definition) is 1. The van der Waals surface area contributed by atoms with Crippen LogP contribution in [0.25, 0.3) is 11.0 Å². The molecule has 2 heterocycles. The molecule has 1 aliphatic carbocycles. The molecule has 0 aromatic carbocycles. The maximum Gasteiger partial charge on any atom is 0.167 e. The predicted molar refractivity (Wildman–Crippen MR) is 103 cm³/mol. The van der Waals surface area contributed by atoms with Gasteiger partial charge in [-0.2, -0.15) is 0 Å². The van der Waals surface area contributed by atoms with Gasteiger partial charge in [0.2, 0.25) is 0 Å². The van der Waals surface area contributed by atoms with E-state index >= 15 is 0 Å². The highest BCUT2D eigenvalue weighted by Gasteiger charge is 2.29. The highest BCUT2D eigenvalue weighted by molar-refractivity contribution is 5.93. The molecule has 2 aromatic rings. The first-order chi connectivity index (χ1) is 11.9. The third-order valence-corrected chi connectivity index (χ3v) is 5.37. The largest absolute Gasteiger partial charge is 0.350 e. The highest BCUT2D eigenvalue weighted by Crippen LogP contribution is 2.37. The number of fused-ring (bicyclic) bond motifs is 2. The summed E-state index contributed by atoms with van der Waals surface area (Å²) in [7, 11) is 0. The van der Waals surface area contributed by atoms with E-state index in [1.54, 1.807) is 0 Å². The van der Waals surface area contributed by atoms with Crippen LogP contribution in [0.15, 0.2) is 6.07 Å². The molecular weight excluding hydrogens is 308 g/mol. The van der Waals surface area contributed by atoms with Crippen molar-refractivity contribution in [3.63, 3.8) is 0 Å². The van der Waals surface area contributed by atoms with Crippen LogP contribution in [0.3, 0.4) is 0 Å². The van der Waals surface area contributed by atoms with E-state index in [0.29, 0.717) is 17.0 Å². The van der Waals surface area contributed by atoms with Crippen LogP contribution in [0.1, 0.15) is 80.7 Å². The van der Waals surface area contributed by atoms with Crippen molar-refractivity contribution in [2.24, 2.45) is 11.3 Å². The van der Waals surface area contributed by atoms with Crippen LogP contribution in [-0.2, 0) is 12.8 Å². The average molecular weight is 336 g/mol. The second-order valence-corrected chi connectivity index (χ2v) is 8.23. The summed E-state index contributed by atoms with van der Waals surface area (Å²) >= 11 is 0. The molecule has 2 aromatic heterocycles. The first-order valence-electron chi connectivity index (χ1n) is 9.42. The molecule has 0 bridgehead atoms. The Hall–Kier alpha value is -2.08. The zero-order valence-electron chi connectivity index (χ0n) is 15.8. The number of aldehydes is 1. The molecular formula is C22H28N2O. The fraction of sp³-hybridized carbons (Fsp3) is 0.545. The number of nitrogens with one attached hydrogen (secondary N) is 1. The minimum absolute atomic E-state index is 0.312. The molecule has 1 aliphatic rings. The van der Waals surface area contributed by atoms with Gasteiger partial charge in [-0.15, -0.1) is 0 Å². The summed E-state index contributed by atoms with van der Waals surface area (Å²) in [4.78, 5) is 19.6. The topological polar surface area (TPSA) is 45.8 Å². The van der Waals surface area contributed by atoms with E-state index in [2.05, 4.69) is 50.6 Å². The van der Waals surface area contributed by atoms with Crippen molar-refractivity contribution >= 4 is 17.3 Å². The number of carbonyl (C=O) groups excluding carboxylic acids is 1. The van der Waals surface area contributed by atoms with Gasteiger partial charge in [-0.05, 0) is 48.6 Å². The van der Waals surface area contributed by atoms with Crippen molar-refractivity contribution in [3.8, 4) is 11.8 Å². The van der Waals surface area contributed by atoms with Gasteiger partial charge in [0, 0.05) is 12.1 Å². The summed E-state index contributed by atoms with van der Waals surface area (Å²) in [5.74, 6) is 7.05. The van der Waals surface area contributed by atoms with Gasteiger partial charge in [0.25, 0.3) is 0 Å². The third kappa shape index (κ3) is 3.63. The lowest BCUT2D eigenvalue weighted by Gasteiger charge is -2.34. The summed E-state index contributed by atoms with van der Waals surface area (Å²) in [6.07, 6.45) is 7.19. The molecule has 0 fully saturated rings. The maximum atomic E-state index is 11.5. The van der Waals surface area contributed by atoms with Crippen molar-refractivity contribution in [1.29, 1.82) is 0 Å². The van der Waals surface area contributed by atoms with E-state index in [0.717, 1.165) is 55.0 Å². The SMILES string of the molecule is CCCCC#Cc1c(C=O)[nH]c2cc3c(nc12)CCC(C(C)(C)C)C3. The molecule has 1 N–H and O–H groups in total. The standard InChI is InChI=1S/C22H28N2O/c1-5-6-7-8-9-17-20(14-25)23-19-13-15-12-16(22(2,3)4)10-11-18(15)24-21(17)19/h13-14,16,23H,5-7,10-12H2,1-4H3. The van der Waals surface area contributed by atoms with Crippen LogP contribution < -0.4 is 0 Å². The average Bonchev–Trinajstić information content (AvgIpc) is 2.92.